The number of carbonyl (C=O) groups is 2. The first-order valence-electron chi connectivity index (χ1n) is 4.61. The van der Waals surface area contributed by atoms with Crippen LogP contribution in [0.1, 0.15) is 26.7 Å². The van der Waals surface area contributed by atoms with Crippen molar-refractivity contribution in [3.8, 4) is 0 Å². The fraction of sp³-hybridized carbons (Fsp3) is 0.455. The summed E-state index contributed by atoms with van der Waals surface area (Å²) in [6.45, 7) is 10.6. The molecule has 0 saturated carbocycles. The molecular formula is C11H17O4-. The van der Waals surface area contributed by atoms with E-state index in [-0.39, 0.29) is 5.97 Å². The minimum Gasteiger partial charge on any atom is -0.545 e. The molecule has 0 bridgehead atoms. The molecule has 15 heavy (non-hydrogen) atoms. The predicted molar refractivity (Wildman–Crippen MR) is 55.9 cm³/mol. The highest BCUT2D eigenvalue weighted by atomic mass is 16.5. The molecule has 0 amide bonds. The molecule has 0 atom stereocenters. The van der Waals surface area contributed by atoms with Crippen molar-refractivity contribution in [1.29, 1.82) is 0 Å². The average Bonchev–Trinajstić information content (AvgIpc) is 2.18. The number of carboxylic acid groups (broad SMARTS) is 1. The van der Waals surface area contributed by atoms with Gasteiger partial charge in [0.1, 0.15) is 0 Å². The van der Waals surface area contributed by atoms with Gasteiger partial charge in [0.2, 0.25) is 0 Å². The molecule has 0 aromatic heterocycles. The van der Waals surface area contributed by atoms with Crippen LogP contribution in [-0.4, -0.2) is 18.5 Å². The molecular weight excluding hydrogens is 196 g/mol. The summed E-state index contributed by atoms with van der Waals surface area (Å²) in [5.74, 6) is -1.52. The number of aliphatic carboxylic acids is 1. The molecule has 0 aromatic rings. The molecule has 0 radical (unpaired) electrons. The fourth-order valence-corrected chi connectivity index (χ4v) is 0.432. The maximum atomic E-state index is 10.7. The Morgan fingerprint density at radius 1 is 1.47 bits per heavy atom. The van der Waals surface area contributed by atoms with Gasteiger partial charge in [-0.25, -0.2) is 4.79 Å². The van der Waals surface area contributed by atoms with Crippen molar-refractivity contribution < 1.29 is 19.4 Å². The van der Waals surface area contributed by atoms with Gasteiger partial charge in [0.25, 0.3) is 0 Å². The third-order valence-corrected chi connectivity index (χ3v) is 1.25. The van der Waals surface area contributed by atoms with E-state index in [4.69, 9.17) is 14.6 Å². The number of carbonyl (C=O) groups excluding carboxylic acids is 2. The molecule has 0 aliphatic rings. The highest BCUT2D eigenvalue weighted by molar-refractivity contribution is 5.86. The molecule has 86 valence electrons. The number of hydrogen-bond donors (Lipinski definition) is 0. The van der Waals surface area contributed by atoms with E-state index < -0.39 is 5.97 Å². The van der Waals surface area contributed by atoms with Crippen LogP contribution in [0.4, 0.5) is 0 Å². The molecule has 0 N–H and O–H groups in total. The zero-order valence-corrected chi connectivity index (χ0v) is 9.25. The van der Waals surface area contributed by atoms with Crippen LogP contribution in [-0.2, 0) is 14.3 Å². The Labute approximate surface area is 90.2 Å². The van der Waals surface area contributed by atoms with E-state index >= 15 is 0 Å². The van der Waals surface area contributed by atoms with Crippen molar-refractivity contribution in [2.24, 2.45) is 0 Å². The summed E-state index contributed by atoms with van der Waals surface area (Å²) in [6.07, 6.45) is 2.70. The second kappa shape index (κ2) is 10.5. The second-order valence-corrected chi connectivity index (χ2v) is 2.79. The highest BCUT2D eigenvalue weighted by Gasteiger charge is 2.00. The van der Waals surface area contributed by atoms with Gasteiger partial charge in [0, 0.05) is 5.57 Å². The summed E-state index contributed by atoms with van der Waals surface area (Å²) < 4.78 is 4.81. The predicted octanol–water partition coefficient (Wildman–Crippen LogP) is 0.828. The molecule has 0 fully saturated rings. The second-order valence-electron chi connectivity index (χ2n) is 2.79. The lowest BCUT2D eigenvalue weighted by atomic mass is 10.3. The van der Waals surface area contributed by atoms with Crippen LogP contribution in [0.3, 0.4) is 0 Å². The Balaban J connectivity index is 0. The summed E-state index contributed by atoms with van der Waals surface area (Å²) in [5, 5.41) is 9.14. The summed E-state index contributed by atoms with van der Waals surface area (Å²) in [4.78, 5) is 19.8. The van der Waals surface area contributed by atoms with Crippen molar-refractivity contribution in [1.82, 2.24) is 0 Å². The SMILES string of the molecule is C=C(C)C(=O)OCCCC.C=CC(=O)[O-]. The lowest BCUT2D eigenvalue weighted by molar-refractivity contribution is -0.297. The summed E-state index contributed by atoms with van der Waals surface area (Å²) >= 11 is 0. The first-order chi connectivity index (χ1) is 6.95. The van der Waals surface area contributed by atoms with Crippen molar-refractivity contribution in [3.63, 3.8) is 0 Å². The van der Waals surface area contributed by atoms with Crippen LogP contribution in [0.5, 0.6) is 0 Å². The van der Waals surface area contributed by atoms with Gasteiger partial charge in [-0.1, -0.05) is 26.5 Å². The van der Waals surface area contributed by atoms with E-state index in [1.807, 2.05) is 0 Å². The molecule has 0 aliphatic carbocycles. The highest BCUT2D eigenvalue weighted by Crippen LogP contribution is 1.94. The number of ether oxygens (including phenoxy) is 1. The van der Waals surface area contributed by atoms with Gasteiger partial charge in [0.05, 0.1) is 12.6 Å². The van der Waals surface area contributed by atoms with E-state index in [1.165, 1.54) is 0 Å². The maximum Gasteiger partial charge on any atom is 0.333 e. The fourth-order valence-electron chi connectivity index (χ4n) is 0.432. The lowest BCUT2D eigenvalue weighted by Crippen LogP contribution is -2.17. The number of rotatable bonds is 5. The van der Waals surface area contributed by atoms with E-state index in [0.717, 1.165) is 18.9 Å². The normalized spacial score (nSPS) is 8.13. The summed E-state index contributed by atoms with van der Waals surface area (Å²) in [5.41, 5.74) is 0.469. The molecule has 0 heterocycles. The minimum absolute atomic E-state index is 0.284. The van der Waals surface area contributed by atoms with Crippen molar-refractivity contribution in [3.05, 3.63) is 24.8 Å². The zero-order chi connectivity index (χ0) is 12.3. The molecule has 0 saturated heterocycles. The minimum atomic E-state index is -1.23. The van der Waals surface area contributed by atoms with Gasteiger partial charge in [-0.15, -0.1) is 0 Å². The Morgan fingerprint density at radius 2 is 1.93 bits per heavy atom. The van der Waals surface area contributed by atoms with E-state index in [0.29, 0.717) is 12.2 Å². The van der Waals surface area contributed by atoms with Gasteiger partial charge in [-0.05, 0) is 19.4 Å². The van der Waals surface area contributed by atoms with Gasteiger partial charge in [0.15, 0.2) is 0 Å². The number of carboxylic acids is 1. The van der Waals surface area contributed by atoms with Crippen LogP contribution in [0.25, 0.3) is 0 Å². The molecule has 0 rings (SSSR count). The Bertz CT molecular complexity index is 231. The largest absolute Gasteiger partial charge is 0.545 e. The standard InChI is InChI=1S/C8H14O2.C3H4O2/c1-4-5-6-10-8(9)7(2)3;1-2-3(4)5/h2,4-6H2,1,3H3;2H,1H2,(H,4,5)/p-1. The number of esters is 1. The van der Waals surface area contributed by atoms with Gasteiger partial charge in [-0.2, -0.15) is 0 Å². The number of hydrogen-bond acceptors (Lipinski definition) is 4. The van der Waals surface area contributed by atoms with Crippen LogP contribution < -0.4 is 5.11 Å². The quantitative estimate of drug-likeness (QED) is 0.385. The Morgan fingerprint density at radius 3 is 2.20 bits per heavy atom. The summed E-state index contributed by atoms with van der Waals surface area (Å²) in [7, 11) is 0. The molecule has 0 unspecified atom stereocenters. The summed E-state index contributed by atoms with van der Waals surface area (Å²) in [6, 6.07) is 0. The van der Waals surface area contributed by atoms with Crippen molar-refractivity contribution in [2.75, 3.05) is 6.61 Å². The van der Waals surface area contributed by atoms with Crippen molar-refractivity contribution >= 4 is 11.9 Å². The van der Waals surface area contributed by atoms with Crippen LogP contribution in [0.15, 0.2) is 24.8 Å². The third kappa shape index (κ3) is 15.2. The van der Waals surface area contributed by atoms with Gasteiger partial charge < -0.3 is 14.6 Å². The Hall–Kier alpha value is -1.58. The average molecular weight is 213 g/mol. The van der Waals surface area contributed by atoms with Gasteiger partial charge in [-0.3, -0.25) is 0 Å². The zero-order valence-electron chi connectivity index (χ0n) is 9.25. The van der Waals surface area contributed by atoms with E-state index in [1.54, 1.807) is 6.92 Å². The maximum absolute atomic E-state index is 10.7. The first-order valence-corrected chi connectivity index (χ1v) is 4.61. The molecule has 4 nitrogen and oxygen atoms in total. The first kappa shape index (κ1) is 15.9. The topological polar surface area (TPSA) is 66.4 Å². The molecule has 0 spiro atoms. The molecule has 0 aromatic carbocycles. The monoisotopic (exact) mass is 213 g/mol. The van der Waals surface area contributed by atoms with E-state index in [9.17, 15) is 4.79 Å². The Kier molecular flexibility index (Phi) is 11.1. The smallest absolute Gasteiger partial charge is 0.333 e. The van der Waals surface area contributed by atoms with Crippen LogP contribution in [0, 0.1) is 0 Å². The van der Waals surface area contributed by atoms with Crippen LogP contribution >= 0.6 is 0 Å². The van der Waals surface area contributed by atoms with Gasteiger partial charge >= 0.3 is 5.97 Å². The lowest BCUT2D eigenvalue weighted by Gasteiger charge is -2.01. The molecule has 0 aliphatic heterocycles. The van der Waals surface area contributed by atoms with Crippen molar-refractivity contribution in [2.45, 2.75) is 26.7 Å². The number of unbranched alkanes of at least 4 members (excludes halogenated alkanes) is 1. The van der Waals surface area contributed by atoms with Crippen LogP contribution in [0.2, 0.25) is 0 Å². The van der Waals surface area contributed by atoms with E-state index in [2.05, 4.69) is 20.1 Å². The third-order valence-electron chi connectivity index (χ3n) is 1.25. The molecule has 4 heteroatoms.